The van der Waals surface area contributed by atoms with Gasteiger partial charge in [0.2, 0.25) is 5.88 Å². The fourth-order valence-corrected chi connectivity index (χ4v) is 1.86. The van der Waals surface area contributed by atoms with Gasteiger partial charge in [-0.1, -0.05) is 0 Å². The van der Waals surface area contributed by atoms with Crippen molar-refractivity contribution < 1.29 is 31.8 Å². The Morgan fingerprint density at radius 2 is 2.11 bits per heavy atom. The predicted molar refractivity (Wildman–Crippen MR) is 64.2 cm³/mol. The Bertz CT molecular complexity index is 479. The van der Waals surface area contributed by atoms with E-state index in [1.807, 2.05) is 0 Å². The Balaban J connectivity index is 3.14. The monoisotopic (exact) mass is 393 g/mol. The van der Waals surface area contributed by atoms with Crippen molar-refractivity contribution in [2.45, 2.75) is 19.5 Å². The molecule has 19 heavy (non-hydrogen) atoms. The minimum absolute atomic E-state index is 0.0314. The first kappa shape index (κ1) is 15.9. The van der Waals surface area contributed by atoms with Crippen LogP contribution in [-0.4, -0.2) is 24.4 Å². The number of alkyl halides is 4. The lowest BCUT2D eigenvalue weighted by atomic mass is 10.2. The van der Waals surface area contributed by atoms with Crippen molar-refractivity contribution in [3.8, 4) is 5.88 Å². The van der Waals surface area contributed by atoms with Crippen LogP contribution in [0, 0.1) is 3.57 Å². The summed E-state index contributed by atoms with van der Waals surface area (Å²) in [6, 6.07) is 1.15. The van der Waals surface area contributed by atoms with E-state index in [1.54, 1.807) is 22.6 Å². The van der Waals surface area contributed by atoms with E-state index in [9.17, 15) is 22.4 Å². The highest BCUT2D eigenvalue weighted by molar-refractivity contribution is 14.1. The molecule has 1 aromatic heterocycles. The third-order valence-electron chi connectivity index (χ3n) is 1.98. The molecule has 1 aromatic rings. The van der Waals surface area contributed by atoms with Crippen LogP contribution in [0.2, 0.25) is 0 Å². The van der Waals surface area contributed by atoms with Crippen LogP contribution in [0.1, 0.15) is 11.3 Å². The largest absolute Gasteiger partial charge is 0.574 e. The van der Waals surface area contributed by atoms with Gasteiger partial charge in [0.05, 0.1) is 19.2 Å². The summed E-state index contributed by atoms with van der Waals surface area (Å²) in [4.78, 5) is 14.6. The van der Waals surface area contributed by atoms with Gasteiger partial charge in [0.15, 0.2) is 0 Å². The van der Waals surface area contributed by atoms with Crippen LogP contribution in [0.5, 0.6) is 5.88 Å². The van der Waals surface area contributed by atoms with Crippen molar-refractivity contribution in [2.75, 3.05) is 7.11 Å². The minimum Gasteiger partial charge on any atom is -0.469 e. The zero-order valence-electron chi connectivity index (χ0n) is 9.55. The van der Waals surface area contributed by atoms with Crippen molar-refractivity contribution in [1.29, 1.82) is 0 Å². The van der Waals surface area contributed by atoms with E-state index < -0.39 is 24.9 Å². The molecule has 0 aliphatic carbocycles. The van der Waals surface area contributed by atoms with Gasteiger partial charge in [-0.15, -0.1) is 13.2 Å². The van der Waals surface area contributed by atoms with Crippen LogP contribution < -0.4 is 4.74 Å². The lowest BCUT2D eigenvalue weighted by molar-refractivity contribution is -0.276. The van der Waals surface area contributed by atoms with Crippen molar-refractivity contribution in [3.05, 3.63) is 20.9 Å². The third kappa shape index (κ3) is 4.80. The van der Waals surface area contributed by atoms with Crippen molar-refractivity contribution >= 4 is 28.6 Å². The highest BCUT2D eigenvalue weighted by Gasteiger charge is 2.33. The Labute approximate surface area is 119 Å². The number of aromatic nitrogens is 1. The van der Waals surface area contributed by atoms with Crippen LogP contribution >= 0.6 is 22.6 Å². The number of hydrogen-bond acceptors (Lipinski definition) is 4. The molecule has 0 aliphatic heterocycles. The molecule has 0 fully saturated rings. The van der Waals surface area contributed by atoms with Crippen LogP contribution in [0.15, 0.2) is 6.07 Å². The summed E-state index contributed by atoms with van der Waals surface area (Å²) >= 11 is 1.74. The molecule has 0 radical (unpaired) electrons. The van der Waals surface area contributed by atoms with E-state index >= 15 is 0 Å². The standard InChI is InChI=1S/C10H8F4INO3/c1-18-8(17)3-7-6(15)2-5(4-11)9(16-7)19-10(12,13)14/h2H,3-4H2,1H3. The van der Waals surface area contributed by atoms with Gasteiger partial charge < -0.3 is 9.47 Å². The maximum Gasteiger partial charge on any atom is 0.574 e. The molecule has 0 atom stereocenters. The SMILES string of the molecule is COC(=O)Cc1nc(OC(F)(F)F)c(CF)cc1I. The Hall–Kier alpha value is -1.13. The molecule has 0 bridgehead atoms. The van der Waals surface area contributed by atoms with E-state index in [0.29, 0.717) is 3.57 Å². The molecule has 1 rings (SSSR count). The second kappa shape index (κ2) is 6.35. The highest BCUT2D eigenvalue weighted by Crippen LogP contribution is 2.28. The molecule has 4 nitrogen and oxygen atoms in total. The fraction of sp³-hybridized carbons (Fsp3) is 0.400. The normalized spacial score (nSPS) is 11.3. The molecule has 0 saturated carbocycles. The van der Waals surface area contributed by atoms with E-state index in [0.717, 1.165) is 13.2 Å². The van der Waals surface area contributed by atoms with Gasteiger partial charge in [0.25, 0.3) is 0 Å². The van der Waals surface area contributed by atoms with Crippen LogP contribution in [0.4, 0.5) is 17.6 Å². The molecule has 0 aliphatic rings. The minimum atomic E-state index is -4.98. The van der Waals surface area contributed by atoms with Crippen LogP contribution in [0.25, 0.3) is 0 Å². The van der Waals surface area contributed by atoms with E-state index in [1.165, 1.54) is 0 Å². The number of nitrogens with zero attached hydrogens (tertiary/aromatic N) is 1. The van der Waals surface area contributed by atoms with Crippen LogP contribution in [-0.2, 0) is 22.6 Å². The second-order valence-corrected chi connectivity index (χ2v) is 4.48. The Kier molecular flexibility index (Phi) is 5.32. The Morgan fingerprint density at radius 1 is 1.47 bits per heavy atom. The molecule has 0 aromatic carbocycles. The van der Waals surface area contributed by atoms with Crippen molar-refractivity contribution in [2.24, 2.45) is 0 Å². The first-order chi connectivity index (χ1) is 8.76. The molecule has 1 heterocycles. The number of pyridine rings is 1. The van der Waals surface area contributed by atoms with E-state index in [4.69, 9.17) is 0 Å². The molecule has 0 amide bonds. The third-order valence-corrected chi connectivity index (χ3v) is 2.92. The lowest BCUT2D eigenvalue weighted by Crippen LogP contribution is -2.20. The van der Waals surface area contributed by atoms with Gasteiger partial charge in [-0.05, 0) is 28.7 Å². The summed E-state index contributed by atoms with van der Waals surface area (Å²) < 4.78 is 57.4. The molecule has 0 saturated heterocycles. The molecular weight excluding hydrogens is 385 g/mol. The molecule has 0 N–H and O–H groups in total. The Morgan fingerprint density at radius 3 is 2.58 bits per heavy atom. The van der Waals surface area contributed by atoms with Gasteiger partial charge in [-0.2, -0.15) is 0 Å². The maximum absolute atomic E-state index is 12.6. The zero-order chi connectivity index (χ0) is 14.6. The number of ether oxygens (including phenoxy) is 2. The number of halogens is 5. The second-order valence-electron chi connectivity index (χ2n) is 3.32. The molecule has 106 valence electrons. The smallest absolute Gasteiger partial charge is 0.469 e. The first-order valence-corrected chi connectivity index (χ1v) is 5.91. The predicted octanol–water partition coefficient (Wildman–Crippen LogP) is 2.77. The number of hydrogen-bond donors (Lipinski definition) is 0. The number of carbonyl (C=O) groups is 1. The topological polar surface area (TPSA) is 48.4 Å². The summed E-state index contributed by atoms with van der Waals surface area (Å²) in [5, 5.41) is 0. The zero-order valence-corrected chi connectivity index (χ0v) is 11.7. The number of rotatable bonds is 4. The molecule has 9 heteroatoms. The van der Waals surface area contributed by atoms with Gasteiger partial charge in [0, 0.05) is 9.13 Å². The summed E-state index contributed by atoms with van der Waals surface area (Å²) in [6.45, 7) is -1.16. The van der Waals surface area contributed by atoms with Crippen LogP contribution in [0.3, 0.4) is 0 Å². The average molecular weight is 393 g/mol. The highest BCUT2D eigenvalue weighted by atomic mass is 127. The average Bonchev–Trinajstić information content (AvgIpc) is 2.30. The van der Waals surface area contributed by atoms with Gasteiger partial charge >= 0.3 is 12.3 Å². The fourth-order valence-electron chi connectivity index (χ4n) is 1.17. The van der Waals surface area contributed by atoms with Gasteiger partial charge in [-0.3, -0.25) is 4.79 Å². The summed E-state index contributed by atoms with van der Waals surface area (Å²) in [7, 11) is 1.14. The maximum atomic E-state index is 12.6. The number of esters is 1. The van der Waals surface area contributed by atoms with Crippen molar-refractivity contribution in [3.63, 3.8) is 0 Å². The summed E-state index contributed by atoms with van der Waals surface area (Å²) in [5.74, 6) is -1.56. The molecule has 0 unspecified atom stereocenters. The van der Waals surface area contributed by atoms with Gasteiger partial charge in [0.1, 0.15) is 6.67 Å². The quantitative estimate of drug-likeness (QED) is 0.449. The number of carbonyl (C=O) groups excluding carboxylic acids is 1. The van der Waals surface area contributed by atoms with Crippen molar-refractivity contribution in [1.82, 2.24) is 4.98 Å². The summed E-state index contributed by atoms with van der Waals surface area (Å²) in [6.07, 6.45) is -5.30. The summed E-state index contributed by atoms with van der Waals surface area (Å²) in [5.41, 5.74) is -0.306. The van der Waals surface area contributed by atoms with Gasteiger partial charge in [-0.25, -0.2) is 9.37 Å². The lowest BCUT2D eigenvalue weighted by Gasteiger charge is -2.13. The molecule has 0 spiro atoms. The van der Waals surface area contributed by atoms with E-state index in [2.05, 4.69) is 14.5 Å². The first-order valence-electron chi connectivity index (χ1n) is 4.83. The molecular formula is C10H8F4INO3. The number of methoxy groups -OCH3 is 1. The van der Waals surface area contributed by atoms with E-state index in [-0.39, 0.29) is 17.7 Å².